The van der Waals surface area contributed by atoms with Crippen LogP contribution in [0.3, 0.4) is 0 Å². The van der Waals surface area contributed by atoms with Crippen LogP contribution in [-0.4, -0.2) is 35.4 Å². The van der Waals surface area contributed by atoms with E-state index in [-0.39, 0.29) is 29.9 Å². The number of hydrogen-bond donors (Lipinski definition) is 1. The van der Waals surface area contributed by atoms with E-state index in [1.807, 2.05) is 68.4 Å². The molecule has 0 saturated carbocycles. The van der Waals surface area contributed by atoms with E-state index in [1.165, 1.54) is 0 Å². The molecule has 0 aliphatic carbocycles. The number of amides is 2. The first kappa shape index (κ1) is 24.4. The number of benzene rings is 2. The van der Waals surface area contributed by atoms with Gasteiger partial charge >= 0.3 is 0 Å². The highest BCUT2D eigenvalue weighted by atomic mass is 16.5. The largest absolute Gasteiger partial charge is 0.483 e. The van der Waals surface area contributed by atoms with Crippen LogP contribution < -0.4 is 10.1 Å². The first-order chi connectivity index (χ1) is 14.6. The summed E-state index contributed by atoms with van der Waals surface area (Å²) in [5, 5.41) is 2.98. The van der Waals surface area contributed by atoms with Gasteiger partial charge < -0.3 is 15.0 Å². The minimum Gasteiger partial charge on any atom is -0.483 e. The van der Waals surface area contributed by atoms with Gasteiger partial charge in [0.25, 0.3) is 5.91 Å². The predicted molar refractivity (Wildman–Crippen MR) is 125 cm³/mol. The molecule has 2 aromatic carbocycles. The summed E-state index contributed by atoms with van der Waals surface area (Å²) in [4.78, 5) is 27.6. The van der Waals surface area contributed by atoms with E-state index in [2.05, 4.69) is 26.1 Å². The highest BCUT2D eigenvalue weighted by Crippen LogP contribution is 2.31. The number of carbonyl (C=O) groups is 2. The summed E-state index contributed by atoms with van der Waals surface area (Å²) in [5.74, 6) is 0.313. The van der Waals surface area contributed by atoms with Crippen LogP contribution in [0.25, 0.3) is 0 Å². The molecule has 2 atom stereocenters. The average Bonchev–Trinajstić information content (AvgIpc) is 2.75. The summed E-state index contributed by atoms with van der Waals surface area (Å²) in [6.45, 7) is 12.3. The first-order valence-corrected chi connectivity index (χ1v) is 11.0. The summed E-state index contributed by atoms with van der Waals surface area (Å²) in [5.41, 5.74) is 1.90. The van der Waals surface area contributed by atoms with E-state index in [4.69, 9.17) is 4.74 Å². The molecule has 168 valence electrons. The third-order valence-electron chi connectivity index (χ3n) is 5.41. The minimum atomic E-state index is -0.608. The Morgan fingerprint density at radius 3 is 2.23 bits per heavy atom. The first-order valence-electron chi connectivity index (χ1n) is 11.0. The smallest absolute Gasteiger partial charge is 0.261 e. The fourth-order valence-electron chi connectivity index (χ4n) is 3.26. The van der Waals surface area contributed by atoms with E-state index in [1.54, 1.807) is 11.8 Å². The van der Waals surface area contributed by atoms with Gasteiger partial charge in [-0.2, -0.15) is 0 Å². The molecule has 0 unspecified atom stereocenters. The van der Waals surface area contributed by atoms with Crippen molar-refractivity contribution in [2.45, 2.75) is 72.0 Å². The van der Waals surface area contributed by atoms with Crippen molar-refractivity contribution in [1.29, 1.82) is 0 Å². The summed E-state index contributed by atoms with van der Waals surface area (Å²) >= 11 is 0. The van der Waals surface area contributed by atoms with Crippen molar-refractivity contribution in [3.63, 3.8) is 0 Å². The second-order valence-electron chi connectivity index (χ2n) is 9.04. The molecular weight excluding hydrogens is 388 g/mol. The van der Waals surface area contributed by atoms with Crippen LogP contribution in [0.5, 0.6) is 5.75 Å². The molecule has 2 rings (SSSR count). The monoisotopic (exact) mass is 424 g/mol. The zero-order valence-corrected chi connectivity index (χ0v) is 19.6. The number of nitrogens with zero attached hydrogens (tertiary/aromatic N) is 1. The molecule has 0 aliphatic heterocycles. The lowest BCUT2D eigenvalue weighted by atomic mass is 9.86. The summed E-state index contributed by atoms with van der Waals surface area (Å²) in [6.07, 6.45) is 0.831. The lowest BCUT2D eigenvalue weighted by Gasteiger charge is -2.30. The van der Waals surface area contributed by atoms with Gasteiger partial charge in [0.2, 0.25) is 5.91 Å². The molecule has 0 fully saturated rings. The Balaban J connectivity index is 2.19. The molecule has 0 saturated heterocycles. The maximum Gasteiger partial charge on any atom is 0.261 e. The topological polar surface area (TPSA) is 58.6 Å². The Hall–Kier alpha value is -2.82. The summed E-state index contributed by atoms with van der Waals surface area (Å²) < 4.78 is 5.95. The van der Waals surface area contributed by atoms with Gasteiger partial charge in [0.05, 0.1) is 0 Å². The maximum absolute atomic E-state index is 13.2. The predicted octanol–water partition coefficient (Wildman–Crippen LogP) is 4.69. The van der Waals surface area contributed by atoms with Crippen molar-refractivity contribution < 1.29 is 14.3 Å². The molecule has 0 aliphatic rings. The van der Waals surface area contributed by atoms with Gasteiger partial charge in [-0.05, 0) is 42.9 Å². The highest BCUT2D eigenvalue weighted by molar-refractivity contribution is 5.88. The molecule has 2 amide bonds. The lowest BCUT2D eigenvalue weighted by molar-refractivity contribution is -0.142. The maximum atomic E-state index is 13.2. The minimum absolute atomic E-state index is 0.0542. The Labute approximate surface area is 186 Å². The Morgan fingerprint density at radius 1 is 1.00 bits per heavy atom. The number of hydrogen-bond acceptors (Lipinski definition) is 3. The average molecular weight is 425 g/mol. The van der Waals surface area contributed by atoms with Gasteiger partial charge in [-0.3, -0.25) is 9.59 Å². The summed E-state index contributed by atoms with van der Waals surface area (Å²) in [6, 6.07) is 16.9. The zero-order valence-electron chi connectivity index (χ0n) is 19.6. The highest BCUT2D eigenvalue weighted by Gasteiger charge is 2.27. The van der Waals surface area contributed by atoms with Crippen LogP contribution in [0, 0.1) is 0 Å². The molecule has 5 nitrogen and oxygen atoms in total. The van der Waals surface area contributed by atoms with E-state index in [0.29, 0.717) is 12.3 Å². The van der Waals surface area contributed by atoms with Crippen LogP contribution in [-0.2, 0) is 21.5 Å². The molecule has 0 bridgehead atoms. The third kappa shape index (κ3) is 7.12. The van der Waals surface area contributed by atoms with Crippen LogP contribution in [0.1, 0.15) is 59.1 Å². The Kier molecular flexibility index (Phi) is 8.66. The molecule has 1 N–H and O–H groups in total. The fraction of sp³-hybridized carbons (Fsp3) is 0.462. The third-order valence-corrected chi connectivity index (χ3v) is 5.41. The second-order valence-corrected chi connectivity index (χ2v) is 9.04. The van der Waals surface area contributed by atoms with Crippen molar-refractivity contribution in [1.82, 2.24) is 10.2 Å². The molecular formula is C26H36N2O3. The SMILES string of the molecule is CC[C@H](C)NC(=O)[C@@H](C)N(Cc1ccccc1)C(=O)COc1ccccc1C(C)(C)C. The van der Waals surface area contributed by atoms with E-state index in [0.717, 1.165) is 17.5 Å². The van der Waals surface area contributed by atoms with Crippen LogP contribution in [0.4, 0.5) is 0 Å². The van der Waals surface area contributed by atoms with Gasteiger partial charge in [0, 0.05) is 12.6 Å². The van der Waals surface area contributed by atoms with Crippen molar-refractivity contribution in [3.8, 4) is 5.75 Å². The molecule has 0 radical (unpaired) electrons. The van der Waals surface area contributed by atoms with Gasteiger partial charge in [0.1, 0.15) is 11.8 Å². The molecule has 0 aromatic heterocycles. The van der Waals surface area contributed by atoms with E-state index < -0.39 is 6.04 Å². The molecule has 31 heavy (non-hydrogen) atoms. The van der Waals surface area contributed by atoms with Crippen molar-refractivity contribution in [2.24, 2.45) is 0 Å². The van der Waals surface area contributed by atoms with Crippen LogP contribution in [0.2, 0.25) is 0 Å². The van der Waals surface area contributed by atoms with Gasteiger partial charge in [-0.25, -0.2) is 0 Å². The number of rotatable bonds is 9. The van der Waals surface area contributed by atoms with E-state index in [9.17, 15) is 9.59 Å². The Bertz CT molecular complexity index is 858. The molecule has 5 heteroatoms. The van der Waals surface area contributed by atoms with Crippen molar-refractivity contribution in [3.05, 3.63) is 65.7 Å². The van der Waals surface area contributed by atoms with Crippen molar-refractivity contribution in [2.75, 3.05) is 6.61 Å². The standard InChI is InChI=1S/C26H36N2O3/c1-7-19(2)27-25(30)20(3)28(17-21-13-9-8-10-14-21)24(29)18-31-23-16-12-11-15-22(23)26(4,5)6/h8-16,19-20H,7,17-18H2,1-6H3,(H,27,30)/t19-,20+/m0/s1. The van der Waals surface area contributed by atoms with Crippen LogP contribution in [0.15, 0.2) is 54.6 Å². The number of ether oxygens (including phenoxy) is 1. The van der Waals surface area contributed by atoms with Gasteiger partial charge in [-0.15, -0.1) is 0 Å². The lowest BCUT2D eigenvalue weighted by Crippen LogP contribution is -2.50. The van der Waals surface area contributed by atoms with E-state index >= 15 is 0 Å². The number of para-hydroxylation sites is 1. The zero-order chi connectivity index (χ0) is 23.0. The summed E-state index contributed by atoms with van der Waals surface area (Å²) in [7, 11) is 0. The van der Waals surface area contributed by atoms with Crippen LogP contribution >= 0.6 is 0 Å². The molecule has 0 spiro atoms. The molecule has 0 heterocycles. The molecule has 2 aromatic rings. The fourth-order valence-corrected chi connectivity index (χ4v) is 3.26. The number of nitrogens with one attached hydrogen (secondary N) is 1. The van der Waals surface area contributed by atoms with Crippen molar-refractivity contribution >= 4 is 11.8 Å². The quantitative estimate of drug-likeness (QED) is 0.635. The normalized spacial score (nSPS) is 13.2. The van der Waals surface area contributed by atoms with Gasteiger partial charge in [-0.1, -0.05) is 76.2 Å². The second kappa shape index (κ2) is 11.0. The Morgan fingerprint density at radius 2 is 1.61 bits per heavy atom. The van der Waals surface area contributed by atoms with Gasteiger partial charge in [0.15, 0.2) is 6.61 Å². The number of carbonyl (C=O) groups excluding carboxylic acids is 2.